The van der Waals surface area contributed by atoms with Crippen molar-refractivity contribution in [3.8, 4) is 11.5 Å². The molecule has 1 N–H and O–H groups in total. The summed E-state index contributed by atoms with van der Waals surface area (Å²) in [6.45, 7) is 9.23. The van der Waals surface area contributed by atoms with Gasteiger partial charge in [-0.2, -0.15) is 0 Å². The van der Waals surface area contributed by atoms with Gasteiger partial charge in [0.25, 0.3) is 5.91 Å². The third-order valence-electron chi connectivity index (χ3n) is 7.69. The van der Waals surface area contributed by atoms with Crippen molar-refractivity contribution in [1.82, 2.24) is 15.1 Å². The lowest BCUT2D eigenvalue weighted by atomic mass is 9.91. The van der Waals surface area contributed by atoms with Crippen LogP contribution >= 0.6 is 0 Å². The molecule has 2 amide bonds. The van der Waals surface area contributed by atoms with Crippen LogP contribution in [0.1, 0.15) is 60.7 Å². The van der Waals surface area contributed by atoms with E-state index in [1.54, 1.807) is 14.2 Å². The summed E-state index contributed by atoms with van der Waals surface area (Å²) in [6, 6.07) is 19.8. The summed E-state index contributed by atoms with van der Waals surface area (Å²) in [5.74, 6) is 0.972. The minimum atomic E-state index is -0.505. The molecule has 0 unspecified atom stereocenters. The topological polar surface area (TPSA) is 71.1 Å². The molecule has 224 valence electrons. The Labute approximate surface area is 248 Å². The third-order valence-corrected chi connectivity index (χ3v) is 7.69. The Morgan fingerprint density at radius 1 is 0.881 bits per heavy atom. The number of carbonyl (C=O) groups is 2. The van der Waals surface area contributed by atoms with Crippen LogP contribution in [0.2, 0.25) is 0 Å². The highest BCUT2D eigenvalue weighted by Gasteiger charge is 2.34. The van der Waals surface area contributed by atoms with Gasteiger partial charge < -0.3 is 19.7 Å². The number of likely N-dealkylation sites (tertiary alicyclic amines) is 1. The van der Waals surface area contributed by atoms with E-state index in [1.165, 1.54) is 12.1 Å². The molecule has 3 aromatic carbocycles. The predicted molar refractivity (Wildman–Crippen MR) is 162 cm³/mol. The second-order valence-corrected chi connectivity index (χ2v) is 11.9. The molecule has 0 atom stereocenters. The number of benzene rings is 3. The van der Waals surface area contributed by atoms with E-state index in [0.717, 1.165) is 49.2 Å². The van der Waals surface area contributed by atoms with Gasteiger partial charge in [-0.3, -0.25) is 14.5 Å². The summed E-state index contributed by atoms with van der Waals surface area (Å²) < 4.78 is 23.9. The van der Waals surface area contributed by atoms with Gasteiger partial charge in [-0.1, -0.05) is 51.1 Å². The molecule has 0 radical (unpaired) electrons. The molecule has 0 aliphatic carbocycles. The van der Waals surface area contributed by atoms with Crippen LogP contribution in [-0.4, -0.2) is 55.0 Å². The molecule has 0 spiro atoms. The van der Waals surface area contributed by atoms with Crippen LogP contribution < -0.4 is 14.8 Å². The molecule has 42 heavy (non-hydrogen) atoms. The van der Waals surface area contributed by atoms with E-state index in [4.69, 9.17) is 9.47 Å². The van der Waals surface area contributed by atoms with Crippen molar-refractivity contribution in [1.29, 1.82) is 0 Å². The van der Waals surface area contributed by atoms with Crippen LogP contribution in [-0.2, 0) is 24.4 Å². The molecule has 0 bridgehead atoms. The van der Waals surface area contributed by atoms with E-state index in [9.17, 15) is 14.0 Å². The number of methoxy groups -OCH3 is 2. The highest BCUT2D eigenvalue weighted by molar-refractivity contribution is 5.94. The summed E-state index contributed by atoms with van der Waals surface area (Å²) in [5, 5.41) is 2.96. The van der Waals surface area contributed by atoms with Gasteiger partial charge in [-0.15, -0.1) is 0 Å². The first-order valence-corrected chi connectivity index (χ1v) is 14.4. The van der Waals surface area contributed by atoms with E-state index in [2.05, 4.69) is 10.2 Å². The molecule has 3 aromatic rings. The van der Waals surface area contributed by atoms with E-state index in [0.29, 0.717) is 30.2 Å². The number of carbonyl (C=O) groups excluding carboxylic acids is 2. The second kappa shape index (κ2) is 13.8. The maximum Gasteiger partial charge on any atom is 0.251 e. The molecule has 7 nitrogen and oxygen atoms in total. The first kappa shape index (κ1) is 31.0. The highest BCUT2D eigenvalue weighted by atomic mass is 19.1. The number of amides is 2. The van der Waals surface area contributed by atoms with Gasteiger partial charge in [0, 0.05) is 49.7 Å². The number of ether oxygens (including phenoxy) is 2. The van der Waals surface area contributed by atoms with Crippen molar-refractivity contribution < 1.29 is 23.5 Å². The van der Waals surface area contributed by atoms with Gasteiger partial charge in [0.1, 0.15) is 5.82 Å². The Kier molecular flexibility index (Phi) is 10.2. The van der Waals surface area contributed by atoms with Gasteiger partial charge in [-0.25, -0.2) is 4.39 Å². The SMILES string of the molecule is COc1ccc(CNC(=O)c2ccc(CN(C(=O)C(C)(C)C)C3CCN(Cc4ccc(F)cc4)CC3)cc2)cc1OC. The van der Waals surface area contributed by atoms with Crippen molar-refractivity contribution in [3.05, 3.63) is 94.8 Å². The number of hydrogen-bond acceptors (Lipinski definition) is 5. The lowest BCUT2D eigenvalue weighted by molar-refractivity contribution is -0.143. The highest BCUT2D eigenvalue weighted by Crippen LogP contribution is 2.28. The van der Waals surface area contributed by atoms with Crippen LogP contribution in [0.3, 0.4) is 0 Å². The molecule has 1 fully saturated rings. The number of halogens is 1. The lowest BCUT2D eigenvalue weighted by Crippen LogP contribution is -2.50. The molecule has 0 aromatic heterocycles. The predicted octanol–water partition coefficient (Wildman–Crippen LogP) is 5.81. The minimum absolute atomic E-state index is 0.122. The van der Waals surface area contributed by atoms with Gasteiger partial charge in [0.05, 0.1) is 14.2 Å². The van der Waals surface area contributed by atoms with Crippen LogP contribution in [0, 0.1) is 11.2 Å². The zero-order valence-electron chi connectivity index (χ0n) is 25.3. The Morgan fingerprint density at radius 3 is 2.07 bits per heavy atom. The van der Waals surface area contributed by atoms with Crippen LogP contribution in [0.15, 0.2) is 66.7 Å². The lowest BCUT2D eigenvalue weighted by Gasteiger charge is -2.41. The zero-order chi connectivity index (χ0) is 30.3. The Morgan fingerprint density at radius 2 is 1.48 bits per heavy atom. The van der Waals surface area contributed by atoms with Gasteiger partial charge >= 0.3 is 0 Å². The molecule has 1 aliphatic heterocycles. The number of piperidine rings is 1. The normalized spacial score (nSPS) is 14.3. The Hall–Kier alpha value is -3.91. The van der Waals surface area contributed by atoms with Crippen LogP contribution in [0.4, 0.5) is 4.39 Å². The van der Waals surface area contributed by atoms with Crippen molar-refractivity contribution in [3.63, 3.8) is 0 Å². The van der Waals surface area contributed by atoms with Gasteiger partial charge in [-0.05, 0) is 65.9 Å². The van der Waals surface area contributed by atoms with E-state index < -0.39 is 5.41 Å². The number of rotatable bonds is 10. The van der Waals surface area contributed by atoms with Gasteiger partial charge in [0.2, 0.25) is 5.91 Å². The number of nitrogens with zero attached hydrogens (tertiary/aromatic N) is 2. The van der Waals surface area contributed by atoms with Crippen molar-refractivity contribution >= 4 is 11.8 Å². The fourth-order valence-electron chi connectivity index (χ4n) is 5.27. The first-order valence-electron chi connectivity index (χ1n) is 14.4. The maximum absolute atomic E-state index is 13.5. The smallest absolute Gasteiger partial charge is 0.251 e. The number of hydrogen-bond donors (Lipinski definition) is 1. The molecule has 1 aliphatic rings. The van der Waals surface area contributed by atoms with E-state index in [-0.39, 0.29) is 23.7 Å². The molecule has 8 heteroatoms. The fourth-order valence-corrected chi connectivity index (χ4v) is 5.27. The second-order valence-electron chi connectivity index (χ2n) is 11.9. The summed E-state index contributed by atoms with van der Waals surface area (Å²) in [5.41, 5.74) is 3.03. The summed E-state index contributed by atoms with van der Waals surface area (Å²) in [4.78, 5) is 30.8. The average molecular weight is 576 g/mol. The molecule has 0 saturated carbocycles. The summed E-state index contributed by atoms with van der Waals surface area (Å²) in [6.07, 6.45) is 1.75. The molecular weight excluding hydrogens is 533 g/mol. The fraction of sp³-hybridized carbons (Fsp3) is 0.412. The molecule has 4 rings (SSSR count). The first-order chi connectivity index (χ1) is 20.1. The zero-order valence-corrected chi connectivity index (χ0v) is 25.3. The van der Waals surface area contributed by atoms with Crippen molar-refractivity contribution in [2.24, 2.45) is 5.41 Å². The van der Waals surface area contributed by atoms with E-state index in [1.807, 2.05) is 80.3 Å². The van der Waals surface area contributed by atoms with Crippen molar-refractivity contribution in [2.45, 2.75) is 59.3 Å². The summed E-state index contributed by atoms with van der Waals surface area (Å²) >= 11 is 0. The largest absolute Gasteiger partial charge is 0.493 e. The van der Waals surface area contributed by atoms with Crippen LogP contribution in [0.25, 0.3) is 0 Å². The standard InChI is InChI=1S/C34H42FN3O4/c1-34(2,3)33(40)38(29-16-18-37(19-17-29)22-24-8-13-28(35)14-9-24)23-25-6-11-27(12-7-25)32(39)36-21-26-10-15-30(41-4)31(20-26)42-5/h6-15,20,29H,16-19,21-23H2,1-5H3,(H,36,39). The maximum atomic E-state index is 13.5. The minimum Gasteiger partial charge on any atom is -0.493 e. The van der Waals surface area contributed by atoms with Crippen LogP contribution in [0.5, 0.6) is 11.5 Å². The summed E-state index contributed by atoms with van der Waals surface area (Å²) in [7, 11) is 3.17. The Bertz CT molecular complexity index is 1340. The van der Waals surface area contributed by atoms with E-state index >= 15 is 0 Å². The quantitative estimate of drug-likeness (QED) is 0.330. The monoisotopic (exact) mass is 575 g/mol. The molecule has 1 saturated heterocycles. The third kappa shape index (κ3) is 8.10. The number of nitrogens with one attached hydrogen (secondary N) is 1. The average Bonchev–Trinajstić information content (AvgIpc) is 2.99. The Balaban J connectivity index is 1.37. The van der Waals surface area contributed by atoms with Gasteiger partial charge in [0.15, 0.2) is 11.5 Å². The molecular formula is C34H42FN3O4. The van der Waals surface area contributed by atoms with Crippen molar-refractivity contribution in [2.75, 3.05) is 27.3 Å². The molecule has 1 heterocycles.